The van der Waals surface area contributed by atoms with E-state index in [1.807, 2.05) is 13.8 Å². The summed E-state index contributed by atoms with van der Waals surface area (Å²) in [4.78, 5) is 16.4. The molecule has 0 amide bonds. The van der Waals surface area contributed by atoms with Crippen LogP contribution in [0.4, 0.5) is 22.0 Å². The van der Waals surface area contributed by atoms with Crippen molar-refractivity contribution in [3.63, 3.8) is 0 Å². The van der Waals surface area contributed by atoms with Crippen LogP contribution in [-0.2, 0) is 11.0 Å². The van der Waals surface area contributed by atoms with Gasteiger partial charge in [0.25, 0.3) is 0 Å². The van der Waals surface area contributed by atoms with E-state index in [4.69, 9.17) is 0 Å². The van der Waals surface area contributed by atoms with E-state index in [0.717, 1.165) is 24.3 Å². The summed E-state index contributed by atoms with van der Waals surface area (Å²) in [6.07, 6.45) is -4.22. The minimum atomic E-state index is -4.51. The Hall–Kier alpha value is -3.29. The molecule has 0 aliphatic carbocycles. The third-order valence-electron chi connectivity index (χ3n) is 5.34. The fourth-order valence-electron chi connectivity index (χ4n) is 3.52. The van der Waals surface area contributed by atoms with Gasteiger partial charge in [-0.05, 0) is 61.2 Å². The highest BCUT2D eigenvalue weighted by atomic mass is 19.4. The largest absolute Gasteiger partial charge is 0.481 e. The van der Waals surface area contributed by atoms with Crippen molar-refractivity contribution in [2.75, 3.05) is 0 Å². The van der Waals surface area contributed by atoms with Crippen LogP contribution in [0.1, 0.15) is 42.9 Å². The van der Waals surface area contributed by atoms with E-state index < -0.39 is 35.3 Å². The predicted molar refractivity (Wildman–Crippen MR) is 115 cm³/mol. The molecule has 0 radical (unpaired) electrons. The third kappa shape index (κ3) is 5.56. The second-order valence-electron chi connectivity index (χ2n) is 8.33. The predicted octanol–water partition coefficient (Wildman–Crippen LogP) is 7.24. The maximum Gasteiger partial charge on any atom is 0.416 e. The summed E-state index contributed by atoms with van der Waals surface area (Å²) in [5.74, 6) is -3.55. The minimum Gasteiger partial charge on any atom is -0.481 e. The number of pyridine rings is 1. The summed E-state index contributed by atoms with van der Waals surface area (Å²) in [5.41, 5.74) is 0.0714. The number of halogens is 5. The summed E-state index contributed by atoms with van der Waals surface area (Å²) < 4.78 is 67.2. The number of carboxylic acids is 1. The zero-order valence-electron chi connectivity index (χ0n) is 18.2. The Morgan fingerprint density at radius 1 is 0.939 bits per heavy atom. The average molecular weight is 463 g/mol. The van der Waals surface area contributed by atoms with Gasteiger partial charge in [-0.1, -0.05) is 26.0 Å². The number of hydrogen-bond donors (Lipinski definition) is 1. The number of alkyl halides is 3. The van der Waals surface area contributed by atoms with Crippen molar-refractivity contribution in [1.29, 1.82) is 0 Å². The molecule has 0 saturated heterocycles. The minimum absolute atomic E-state index is 0.0338. The lowest BCUT2D eigenvalue weighted by Crippen LogP contribution is -2.14. The van der Waals surface area contributed by atoms with Crippen molar-refractivity contribution in [3.8, 4) is 22.5 Å². The van der Waals surface area contributed by atoms with Crippen molar-refractivity contribution < 1.29 is 31.9 Å². The molecule has 3 nitrogen and oxygen atoms in total. The molecule has 0 saturated carbocycles. The number of aromatic nitrogens is 1. The maximum atomic E-state index is 14.2. The van der Waals surface area contributed by atoms with Gasteiger partial charge >= 0.3 is 12.1 Å². The molecule has 0 bridgehead atoms. The van der Waals surface area contributed by atoms with Gasteiger partial charge in [-0.2, -0.15) is 13.2 Å². The molecular formula is C25H22F5NO2. The normalized spacial score (nSPS) is 12.8. The van der Waals surface area contributed by atoms with E-state index in [2.05, 4.69) is 4.98 Å². The van der Waals surface area contributed by atoms with Crippen LogP contribution >= 0.6 is 0 Å². The zero-order valence-corrected chi connectivity index (χ0v) is 18.2. The zero-order chi connectivity index (χ0) is 24.5. The standard InChI is InChI=1S/C25H22F5NO2/c1-13(2)8-19(24(32)33)16-11-22(15-4-6-18(7-5-15)25(28,29)30)31-23(12-16)17-9-20(26)14(3)21(27)10-17/h4-7,9-13,19H,8H2,1-3H3,(H,32,33). The van der Waals surface area contributed by atoms with E-state index >= 15 is 0 Å². The van der Waals surface area contributed by atoms with Crippen LogP contribution in [0.25, 0.3) is 22.5 Å². The summed E-state index contributed by atoms with van der Waals surface area (Å²) in [5, 5.41) is 9.78. The third-order valence-corrected chi connectivity index (χ3v) is 5.34. The second kappa shape index (κ2) is 9.29. The van der Waals surface area contributed by atoms with Gasteiger partial charge in [-0.3, -0.25) is 4.79 Å². The Kier molecular flexibility index (Phi) is 6.86. The van der Waals surface area contributed by atoms with Crippen LogP contribution in [0.5, 0.6) is 0 Å². The van der Waals surface area contributed by atoms with E-state index in [9.17, 15) is 31.9 Å². The van der Waals surface area contributed by atoms with Gasteiger partial charge in [0.15, 0.2) is 0 Å². The highest BCUT2D eigenvalue weighted by Gasteiger charge is 2.30. The van der Waals surface area contributed by atoms with Crippen molar-refractivity contribution in [2.45, 2.75) is 39.3 Å². The van der Waals surface area contributed by atoms with Gasteiger partial charge in [0, 0.05) is 16.7 Å². The lowest BCUT2D eigenvalue weighted by atomic mass is 9.89. The van der Waals surface area contributed by atoms with Crippen LogP contribution in [0.2, 0.25) is 0 Å². The van der Waals surface area contributed by atoms with Crippen molar-refractivity contribution in [2.24, 2.45) is 5.92 Å². The van der Waals surface area contributed by atoms with Gasteiger partial charge in [0.1, 0.15) is 11.6 Å². The number of aliphatic carboxylic acids is 1. The smallest absolute Gasteiger partial charge is 0.416 e. The molecule has 1 atom stereocenters. The Morgan fingerprint density at radius 2 is 1.45 bits per heavy atom. The average Bonchev–Trinajstić information content (AvgIpc) is 2.74. The monoisotopic (exact) mass is 463 g/mol. The van der Waals surface area contributed by atoms with Crippen LogP contribution < -0.4 is 0 Å². The van der Waals surface area contributed by atoms with Gasteiger partial charge in [0.2, 0.25) is 0 Å². The lowest BCUT2D eigenvalue weighted by Gasteiger charge is -2.18. The molecule has 0 fully saturated rings. The molecule has 0 aliphatic rings. The number of carboxylic acid groups (broad SMARTS) is 1. The molecule has 8 heteroatoms. The van der Waals surface area contributed by atoms with E-state index in [1.54, 1.807) is 0 Å². The first kappa shape index (κ1) is 24.4. The second-order valence-corrected chi connectivity index (χ2v) is 8.33. The SMILES string of the molecule is Cc1c(F)cc(-c2cc(C(CC(C)C)C(=O)O)cc(-c3ccc(C(F)(F)F)cc3)n2)cc1F. The first-order valence-corrected chi connectivity index (χ1v) is 10.2. The number of carbonyl (C=O) groups is 1. The van der Waals surface area contributed by atoms with E-state index in [0.29, 0.717) is 17.5 Å². The Balaban J connectivity index is 2.21. The summed E-state index contributed by atoms with van der Waals surface area (Å²) >= 11 is 0. The topological polar surface area (TPSA) is 50.2 Å². The molecule has 174 valence electrons. The molecule has 2 aromatic carbocycles. The summed E-state index contributed by atoms with van der Waals surface area (Å²) in [6, 6.07) is 9.40. The van der Waals surface area contributed by atoms with E-state index in [-0.39, 0.29) is 28.4 Å². The van der Waals surface area contributed by atoms with Crippen LogP contribution in [0, 0.1) is 24.5 Å². The molecule has 1 unspecified atom stereocenters. The molecule has 1 heterocycles. The quantitative estimate of drug-likeness (QED) is 0.392. The van der Waals surface area contributed by atoms with Gasteiger partial charge in [-0.25, -0.2) is 13.8 Å². The van der Waals surface area contributed by atoms with Crippen LogP contribution in [-0.4, -0.2) is 16.1 Å². The van der Waals surface area contributed by atoms with Gasteiger partial charge in [-0.15, -0.1) is 0 Å². The van der Waals surface area contributed by atoms with E-state index in [1.165, 1.54) is 31.2 Å². The summed E-state index contributed by atoms with van der Waals surface area (Å²) in [7, 11) is 0. The Bertz CT molecular complexity index is 1150. The van der Waals surface area contributed by atoms with Crippen LogP contribution in [0.3, 0.4) is 0 Å². The molecule has 1 aromatic heterocycles. The first-order valence-electron chi connectivity index (χ1n) is 10.2. The lowest BCUT2D eigenvalue weighted by molar-refractivity contribution is -0.139. The Labute approximate surface area is 187 Å². The highest BCUT2D eigenvalue weighted by Crippen LogP contribution is 2.34. The molecule has 3 rings (SSSR count). The Morgan fingerprint density at radius 3 is 1.91 bits per heavy atom. The molecule has 3 aromatic rings. The molecule has 1 N–H and O–H groups in total. The summed E-state index contributed by atoms with van der Waals surface area (Å²) in [6.45, 7) is 5.01. The van der Waals surface area contributed by atoms with Crippen molar-refractivity contribution >= 4 is 5.97 Å². The molecule has 0 spiro atoms. The number of nitrogens with zero attached hydrogens (tertiary/aromatic N) is 1. The molecule has 33 heavy (non-hydrogen) atoms. The number of rotatable bonds is 6. The first-order chi connectivity index (χ1) is 15.4. The van der Waals surface area contributed by atoms with Gasteiger partial charge in [0.05, 0.1) is 22.9 Å². The number of hydrogen-bond acceptors (Lipinski definition) is 2. The number of benzene rings is 2. The maximum absolute atomic E-state index is 14.2. The fourth-order valence-corrected chi connectivity index (χ4v) is 3.52. The van der Waals surface area contributed by atoms with Crippen molar-refractivity contribution in [1.82, 2.24) is 4.98 Å². The van der Waals surface area contributed by atoms with Crippen molar-refractivity contribution in [3.05, 3.63) is 76.9 Å². The fraction of sp³-hybridized carbons (Fsp3) is 0.280. The van der Waals surface area contributed by atoms with Crippen LogP contribution in [0.15, 0.2) is 48.5 Å². The van der Waals surface area contributed by atoms with Gasteiger partial charge < -0.3 is 5.11 Å². The molecule has 0 aliphatic heterocycles. The highest BCUT2D eigenvalue weighted by molar-refractivity contribution is 5.78. The molecular weight excluding hydrogens is 441 g/mol.